The van der Waals surface area contributed by atoms with E-state index in [2.05, 4.69) is 0 Å². The van der Waals surface area contributed by atoms with Gasteiger partial charge >= 0.3 is 15.2 Å². The Labute approximate surface area is 94.5 Å². The van der Waals surface area contributed by atoms with Crippen LogP contribution in [0, 0.1) is 0 Å². The van der Waals surface area contributed by atoms with E-state index in [9.17, 15) is 10.2 Å². The van der Waals surface area contributed by atoms with Crippen LogP contribution in [0.4, 0.5) is 0 Å². The van der Waals surface area contributed by atoms with Gasteiger partial charge in [0.1, 0.15) is 11.5 Å². The highest BCUT2D eigenvalue weighted by atomic mass is 27.1. The fraction of sp³-hybridized carbons (Fsp3) is 0. The summed E-state index contributed by atoms with van der Waals surface area (Å²) in [5, 5.41) is 19.2. The molecule has 0 aliphatic carbocycles. The van der Waals surface area contributed by atoms with Crippen LogP contribution in [-0.2, 0) is 0 Å². The van der Waals surface area contributed by atoms with Crippen LogP contribution in [0.2, 0.25) is 0 Å². The highest BCUT2D eigenvalue weighted by molar-refractivity contribution is 6.69. The summed E-state index contributed by atoms with van der Waals surface area (Å²) in [7, 11) is 0. The minimum absolute atomic E-state index is 0.326. The minimum atomic E-state index is -0.792. The van der Waals surface area contributed by atoms with Gasteiger partial charge in [0.15, 0.2) is 0 Å². The Morgan fingerprint density at radius 2 is 1.07 bits per heavy atom. The molecule has 0 bridgehead atoms. The van der Waals surface area contributed by atoms with Gasteiger partial charge in [-0.15, -0.1) is 0 Å². The van der Waals surface area contributed by atoms with Gasteiger partial charge in [0.25, 0.3) is 0 Å². The van der Waals surface area contributed by atoms with Gasteiger partial charge < -0.3 is 10.2 Å². The smallest absolute Gasteiger partial charge is 0.335 e. The Morgan fingerprint density at radius 3 is 1.47 bits per heavy atom. The van der Waals surface area contributed by atoms with Gasteiger partial charge in [0, 0.05) is 0 Å². The first-order valence-corrected chi connectivity index (χ1v) is 6.22. The molecule has 0 radical (unpaired) electrons. The zero-order chi connectivity index (χ0) is 10.7. The van der Waals surface area contributed by atoms with Gasteiger partial charge in [-0.1, -0.05) is 45.2 Å². The van der Waals surface area contributed by atoms with Gasteiger partial charge in [0.2, 0.25) is 0 Å². The zero-order valence-corrected chi connectivity index (χ0v) is 9.63. The molecule has 0 saturated carbocycles. The van der Waals surface area contributed by atoms with E-state index < -0.39 is 15.2 Å². The highest BCUT2D eigenvalue weighted by Gasteiger charge is 2.08. The molecule has 2 aromatic rings. The number of para-hydroxylation sites is 2. The van der Waals surface area contributed by atoms with E-state index in [4.69, 9.17) is 0 Å². The molecule has 0 fully saturated rings. The molecule has 0 unspecified atom stereocenters. The second-order valence-corrected chi connectivity index (χ2v) is 5.31. The standard InChI is InChI=1S/2C6H5O.Al.H/c2*7-6-4-2-1-3-5-6;;/h2*1-4,7H;;. The molecule has 0 aliphatic heterocycles. The summed E-state index contributed by atoms with van der Waals surface area (Å²) >= 11 is -0.792. The lowest BCUT2D eigenvalue weighted by Crippen LogP contribution is -2.27. The Balaban J connectivity index is 2.30. The normalized spacial score (nSPS) is 9.87. The van der Waals surface area contributed by atoms with Crippen molar-refractivity contribution < 1.29 is 10.2 Å². The third-order valence-electron chi connectivity index (χ3n) is 2.36. The predicted molar refractivity (Wildman–Crippen MR) is 62.6 cm³/mol. The van der Waals surface area contributed by atoms with E-state index in [-0.39, 0.29) is 0 Å². The maximum atomic E-state index is 9.62. The number of aromatic hydroxyl groups is 2. The average molecular weight is 214 g/mol. The second-order valence-electron chi connectivity index (χ2n) is 3.43. The largest absolute Gasteiger partial charge is 0.509 e. The van der Waals surface area contributed by atoms with Crippen molar-refractivity contribution in [3.63, 3.8) is 0 Å². The van der Waals surface area contributed by atoms with Crippen LogP contribution in [-0.4, -0.2) is 25.4 Å². The molecule has 0 saturated heterocycles. The van der Waals surface area contributed by atoms with E-state index >= 15 is 0 Å². The van der Waals surface area contributed by atoms with Crippen LogP contribution in [0.15, 0.2) is 48.5 Å². The molecule has 2 rings (SSSR count). The first kappa shape index (κ1) is 10.1. The summed E-state index contributed by atoms with van der Waals surface area (Å²) in [6, 6.07) is 14.6. The lowest BCUT2D eigenvalue weighted by Gasteiger charge is -2.04. The van der Waals surface area contributed by atoms with Crippen molar-refractivity contribution in [1.82, 2.24) is 0 Å². The molecule has 2 N–H and O–H groups in total. The summed E-state index contributed by atoms with van der Waals surface area (Å²) in [5.41, 5.74) is 0. The maximum Gasteiger partial charge on any atom is 0.335 e. The van der Waals surface area contributed by atoms with Crippen molar-refractivity contribution in [2.45, 2.75) is 0 Å². The number of hydrogen-bond acceptors (Lipinski definition) is 2. The van der Waals surface area contributed by atoms with Crippen LogP contribution in [0.25, 0.3) is 0 Å². The Kier molecular flexibility index (Phi) is 2.96. The molecular weight excluding hydrogens is 203 g/mol. The van der Waals surface area contributed by atoms with E-state index in [1.807, 2.05) is 24.3 Å². The maximum absolute atomic E-state index is 9.62. The lowest BCUT2D eigenvalue weighted by atomic mass is 10.3. The lowest BCUT2D eigenvalue weighted by molar-refractivity contribution is 0.479. The van der Waals surface area contributed by atoms with Crippen LogP contribution < -0.4 is 8.85 Å². The van der Waals surface area contributed by atoms with E-state index in [0.717, 1.165) is 8.85 Å². The molecular formula is C12H11AlO2. The van der Waals surface area contributed by atoms with E-state index in [0.29, 0.717) is 11.5 Å². The Bertz CT molecular complexity index is 425. The van der Waals surface area contributed by atoms with Gasteiger partial charge in [-0.05, 0) is 12.1 Å². The average Bonchev–Trinajstić information content (AvgIpc) is 2.24. The quantitative estimate of drug-likeness (QED) is 0.714. The Hall–Kier alpha value is -1.43. The molecule has 0 aliphatic rings. The van der Waals surface area contributed by atoms with Crippen LogP contribution in [0.3, 0.4) is 0 Å². The fourth-order valence-electron chi connectivity index (χ4n) is 1.53. The third-order valence-corrected chi connectivity index (χ3v) is 4.32. The zero-order valence-electron chi connectivity index (χ0n) is 8.22. The predicted octanol–water partition coefficient (Wildman–Crippen LogP) is 0.485. The van der Waals surface area contributed by atoms with Crippen LogP contribution in [0.5, 0.6) is 11.5 Å². The molecule has 0 amide bonds. The van der Waals surface area contributed by atoms with Gasteiger partial charge in [-0.3, -0.25) is 0 Å². The number of phenolic OH excluding ortho intramolecular Hbond substituents is 2. The van der Waals surface area contributed by atoms with Crippen molar-refractivity contribution in [2.24, 2.45) is 0 Å². The summed E-state index contributed by atoms with van der Waals surface area (Å²) < 4.78 is 1.91. The number of hydrogen-bond donors (Lipinski definition) is 2. The Morgan fingerprint density at radius 1 is 0.667 bits per heavy atom. The van der Waals surface area contributed by atoms with Gasteiger partial charge in [-0.2, -0.15) is 0 Å². The third kappa shape index (κ3) is 2.33. The first-order valence-electron chi connectivity index (χ1n) is 4.81. The van der Waals surface area contributed by atoms with Crippen molar-refractivity contribution >= 4 is 24.1 Å². The molecule has 2 nitrogen and oxygen atoms in total. The first-order chi connectivity index (χ1) is 7.27. The van der Waals surface area contributed by atoms with E-state index in [1.165, 1.54) is 0 Å². The van der Waals surface area contributed by atoms with Crippen LogP contribution >= 0.6 is 0 Å². The summed E-state index contributed by atoms with van der Waals surface area (Å²) in [4.78, 5) is 0. The molecule has 0 atom stereocenters. The van der Waals surface area contributed by atoms with Gasteiger partial charge in [-0.25, -0.2) is 0 Å². The molecule has 15 heavy (non-hydrogen) atoms. The highest BCUT2D eigenvalue weighted by Crippen LogP contribution is 2.05. The fourth-order valence-corrected chi connectivity index (χ4v) is 3.04. The van der Waals surface area contributed by atoms with Crippen molar-refractivity contribution in [2.75, 3.05) is 0 Å². The molecule has 74 valence electrons. The monoisotopic (exact) mass is 214 g/mol. The van der Waals surface area contributed by atoms with E-state index in [1.54, 1.807) is 24.3 Å². The van der Waals surface area contributed by atoms with Crippen molar-refractivity contribution in [3.8, 4) is 11.5 Å². The van der Waals surface area contributed by atoms with Gasteiger partial charge in [0.05, 0.1) is 0 Å². The minimum Gasteiger partial charge on any atom is -0.509 e. The molecule has 2 aromatic carbocycles. The summed E-state index contributed by atoms with van der Waals surface area (Å²) in [5.74, 6) is 0.653. The second kappa shape index (κ2) is 4.40. The molecule has 0 spiro atoms. The number of phenols is 2. The SMILES string of the molecule is Oc1cccc[c]1[AlH][c]1ccccc1O. The summed E-state index contributed by atoms with van der Waals surface area (Å²) in [6.07, 6.45) is 0. The van der Waals surface area contributed by atoms with Crippen molar-refractivity contribution in [1.29, 1.82) is 0 Å². The topological polar surface area (TPSA) is 40.5 Å². The summed E-state index contributed by atoms with van der Waals surface area (Å²) in [6.45, 7) is 0. The van der Waals surface area contributed by atoms with Crippen LogP contribution in [0.1, 0.15) is 0 Å². The molecule has 3 heteroatoms. The number of rotatable bonds is 2. The molecule has 0 aromatic heterocycles. The number of benzene rings is 2. The molecule has 0 heterocycles. The van der Waals surface area contributed by atoms with Crippen molar-refractivity contribution in [3.05, 3.63) is 48.5 Å².